The highest BCUT2D eigenvalue weighted by atomic mass is 32.1. The van der Waals surface area contributed by atoms with Crippen molar-refractivity contribution in [3.63, 3.8) is 0 Å². The number of hydrogen-bond donors (Lipinski definition) is 0. The summed E-state index contributed by atoms with van der Waals surface area (Å²) in [5.74, 6) is 0. The average Bonchev–Trinajstić information content (AvgIpc) is 3.04. The van der Waals surface area contributed by atoms with Crippen molar-refractivity contribution in [1.82, 2.24) is 0 Å². The van der Waals surface area contributed by atoms with Crippen molar-refractivity contribution in [1.29, 1.82) is 0 Å². The molecule has 0 amide bonds. The molecule has 106 valence electrons. The second-order valence-corrected chi connectivity index (χ2v) is 5.95. The normalized spacial score (nSPS) is 10.7. The van der Waals surface area contributed by atoms with Gasteiger partial charge in [0.25, 0.3) is 0 Å². The van der Waals surface area contributed by atoms with E-state index < -0.39 is 0 Å². The lowest BCUT2D eigenvalue weighted by Gasteiger charge is -2.03. The number of hydrogen-bond acceptors (Lipinski definition) is 2. The molecule has 0 aliphatic carbocycles. The Morgan fingerprint density at radius 2 is 1.38 bits per heavy atom. The molecule has 2 aromatic carbocycles. The van der Waals surface area contributed by atoms with E-state index in [1.54, 1.807) is 0 Å². The highest BCUT2D eigenvalue weighted by Crippen LogP contribution is 2.34. The molecule has 0 unspecified atom stereocenters. The van der Waals surface area contributed by atoms with Crippen molar-refractivity contribution >= 4 is 11.3 Å². The van der Waals surface area contributed by atoms with Gasteiger partial charge in [-0.2, -0.15) is 0 Å². The van der Waals surface area contributed by atoms with Gasteiger partial charge < -0.3 is 4.74 Å². The lowest BCUT2D eigenvalue weighted by atomic mass is 10.1. The van der Waals surface area contributed by atoms with Gasteiger partial charge in [0.15, 0.2) is 0 Å². The smallest absolute Gasteiger partial charge is 0.0716 e. The van der Waals surface area contributed by atoms with Gasteiger partial charge in [-0.15, -0.1) is 11.3 Å². The summed E-state index contributed by atoms with van der Waals surface area (Å²) >= 11 is 1.83. The third-order valence-corrected chi connectivity index (χ3v) is 4.56. The summed E-state index contributed by atoms with van der Waals surface area (Å²) in [6.45, 7) is 3.47. The Balaban J connectivity index is 1.80. The molecule has 0 bridgehead atoms. The quantitative estimate of drug-likeness (QED) is 0.593. The lowest BCUT2D eigenvalue weighted by molar-refractivity contribution is 0.134. The van der Waals surface area contributed by atoms with Gasteiger partial charge in [0.2, 0.25) is 0 Å². The van der Waals surface area contributed by atoms with E-state index in [2.05, 4.69) is 66.7 Å². The maximum atomic E-state index is 5.43. The van der Waals surface area contributed by atoms with Crippen molar-refractivity contribution in [3.8, 4) is 20.9 Å². The third kappa shape index (κ3) is 3.41. The van der Waals surface area contributed by atoms with E-state index in [0.29, 0.717) is 6.61 Å². The van der Waals surface area contributed by atoms with Crippen LogP contribution < -0.4 is 0 Å². The molecule has 0 saturated carbocycles. The molecule has 1 heterocycles. The minimum absolute atomic E-state index is 0.691. The van der Waals surface area contributed by atoms with Gasteiger partial charge in [-0.3, -0.25) is 0 Å². The van der Waals surface area contributed by atoms with Crippen LogP contribution in [0.3, 0.4) is 0 Å². The summed E-state index contributed by atoms with van der Waals surface area (Å²) < 4.78 is 5.43. The maximum absolute atomic E-state index is 5.43. The molecule has 21 heavy (non-hydrogen) atoms. The minimum Gasteiger partial charge on any atom is -0.377 e. The summed E-state index contributed by atoms with van der Waals surface area (Å²) in [6.07, 6.45) is 0. The van der Waals surface area contributed by atoms with Crippen molar-refractivity contribution < 1.29 is 4.74 Å². The van der Waals surface area contributed by atoms with Gasteiger partial charge in [-0.1, -0.05) is 54.6 Å². The van der Waals surface area contributed by atoms with Crippen LogP contribution in [0.15, 0.2) is 66.7 Å². The fraction of sp³-hybridized carbons (Fsp3) is 0.158. The van der Waals surface area contributed by atoms with E-state index in [-0.39, 0.29) is 0 Å². The van der Waals surface area contributed by atoms with E-state index in [9.17, 15) is 0 Å². The number of ether oxygens (including phenoxy) is 1. The zero-order chi connectivity index (χ0) is 14.5. The summed E-state index contributed by atoms with van der Waals surface area (Å²) in [5.41, 5.74) is 3.77. The molecule has 0 aliphatic rings. The Morgan fingerprint density at radius 3 is 2.00 bits per heavy atom. The Hall–Kier alpha value is -1.90. The summed E-state index contributed by atoms with van der Waals surface area (Å²) in [6, 6.07) is 23.6. The topological polar surface area (TPSA) is 9.23 Å². The molecule has 0 saturated heterocycles. The largest absolute Gasteiger partial charge is 0.377 e. The predicted octanol–water partition coefficient (Wildman–Crippen LogP) is 5.62. The first-order valence-corrected chi connectivity index (χ1v) is 8.01. The third-order valence-electron chi connectivity index (χ3n) is 3.38. The number of benzene rings is 2. The highest BCUT2D eigenvalue weighted by Gasteiger charge is 2.04. The van der Waals surface area contributed by atoms with E-state index in [1.807, 2.05) is 18.3 Å². The number of thiophene rings is 1. The molecule has 0 aliphatic heterocycles. The average molecular weight is 294 g/mol. The Labute approximate surface area is 129 Å². The fourth-order valence-corrected chi connectivity index (χ4v) is 3.25. The first-order chi connectivity index (χ1) is 10.4. The van der Waals surface area contributed by atoms with Gasteiger partial charge in [-0.25, -0.2) is 0 Å². The molecule has 3 aromatic rings. The molecule has 2 heteroatoms. The van der Waals surface area contributed by atoms with Crippen LogP contribution >= 0.6 is 11.3 Å². The summed E-state index contributed by atoms with van der Waals surface area (Å²) in [4.78, 5) is 2.61. The molecule has 1 nitrogen and oxygen atoms in total. The minimum atomic E-state index is 0.691. The highest BCUT2D eigenvalue weighted by molar-refractivity contribution is 7.18. The van der Waals surface area contributed by atoms with E-state index in [0.717, 1.165) is 6.61 Å². The standard InChI is InChI=1S/C19H18OS/c1-2-20-14-15-8-10-17(11-9-15)19-13-12-18(21-19)16-6-4-3-5-7-16/h3-13H,2,14H2,1H3. The Kier molecular flexibility index (Phi) is 4.49. The first kappa shape index (κ1) is 14.1. The molecule has 0 fully saturated rings. The van der Waals surface area contributed by atoms with Crippen LogP contribution in [0.1, 0.15) is 12.5 Å². The molecule has 0 atom stereocenters. The van der Waals surface area contributed by atoms with Gasteiger partial charge in [0, 0.05) is 16.4 Å². The molecular weight excluding hydrogens is 276 g/mol. The predicted molar refractivity (Wildman–Crippen MR) is 90.5 cm³/mol. The second-order valence-electron chi connectivity index (χ2n) is 4.86. The zero-order valence-electron chi connectivity index (χ0n) is 12.1. The van der Waals surface area contributed by atoms with Crippen molar-refractivity contribution in [2.75, 3.05) is 6.61 Å². The van der Waals surface area contributed by atoms with Crippen LogP contribution in [0.2, 0.25) is 0 Å². The second kappa shape index (κ2) is 6.70. The van der Waals surface area contributed by atoms with Crippen LogP contribution in [0.5, 0.6) is 0 Å². The van der Waals surface area contributed by atoms with Crippen molar-refractivity contribution in [3.05, 3.63) is 72.3 Å². The van der Waals surface area contributed by atoms with E-state index >= 15 is 0 Å². The Morgan fingerprint density at radius 1 is 0.762 bits per heavy atom. The van der Waals surface area contributed by atoms with Crippen LogP contribution in [0.25, 0.3) is 20.9 Å². The molecule has 0 radical (unpaired) electrons. The lowest BCUT2D eigenvalue weighted by Crippen LogP contribution is -1.90. The van der Waals surface area contributed by atoms with Crippen LogP contribution in [-0.4, -0.2) is 6.61 Å². The van der Waals surface area contributed by atoms with Crippen LogP contribution in [-0.2, 0) is 11.3 Å². The fourth-order valence-electron chi connectivity index (χ4n) is 2.24. The molecule has 0 spiro atoms. The van der Waals surface area contributed by atoms with Gasteiger partial charge in [-0.05, 0) is 35.7 Å². The van der Waals surface area contributed by atoms with Gasteiger partial charge in [0.05, 0.1) is 6.61 Å². The van der Waals surface area contributed by atoms with Crippen molar-refractivity contribution in [2.45, 2.75) is 13.5 Å². The van der Waals surface area contributed by atoms with Gasteiger partial charge >= 0.3 is 0 Å². The summed E-state index contributed by atoms with van der Waals surface area (Å²) in [5, 5.41) is 0. The summed E-state index contributed by atoms with van der Waals surface area (Å²) in [7, 11) is 0. The van der Waals surface area contributed by atoms with E-state index in [4.69, 9.17) is 4.74 Å². The molecule has 0 N–H and O–H groups in total. The molecule has 3 rings (SSSR count). The van der Waals surface area contributed by atoms with Crippen LogP contribution in [0, 0.1) is 0 Å². The molecular formula is C19H18OS. The van der Waals surface area contributed by atoms with Gasteiger partial charge in [0.1, 0.15) is 0 Å². The number of rotatable bonds is 5. The first-order valence-electron chi connectivity index (χ1n) is 7.19. The zero-order valence-corrected chi connectivity index (χ0v) is 12.9. The van der Waals surface area contributed by atoms with E-state index in [1.165, 1.54) is 26.4 Å². The van der Waals surface area contributed by atoms with Crippen molar-refractivity contribution in [2.24, 2.45) is 0 Å². The monoisotopic (exact) mass is 294 g/mol. The molecule has 1 aromatic heterocycles. The maximum Gasteiger partial charge on any atom is 0.0716 e. The van der Waals surface area contributed by atoms with Crippen LogP contribution in [0.4, 0.5) is 0 Å². The SMILES string of the molecule is CCOCc1ccc(-c2ccc(-c3ccccc3)s2)cc1. The Bertz CT molecular complexity index is 683.